The highest BCUT2D eigenvalue weighted by molar-refractivity contribution is 5.07. The predicted molar refractivity (Wildman–Crippen MR) is 84.8 cm³/mol. The van der Waals surface area contributed by atoms with Gasteiger partial charge in [0.15, 0.2) is 0 Å². The first-order valence-corrected chi connectivity index (χ1v) is 8.33. The molecule has 3 unspecified atom stereocenters. The fourth-order valence-corrected chi connectivity index (χ4v) is 4.50. The summed E-state index contributed by atoms with van der Waals surface area (Å²) >= 11 is 0. The Kier molecular flexibility index (Phi) is 4.27. The molecule has 2 heterocycles. The Morgan fingerprint density at radius 1 is 1.25 bits per heavy atom. The summed E-state index contributed by atoms with van der Waals surface area (Å²) in [7, 11) is 0. The van der Waals surface area contributed by atoms with Crippen molar-refractivity contribution in [1.82, 2.24) is 4.90 Å². The maximum atomic E-state index is 6.82. The van der Waals surface area contributed by atoms with Crippen LogP contribution in [0.1, 0.15) is 67.2 Å². The molecule has 2 rings (SSSR count). The molecular formula is C17H34N2O. The molecule has 0 aromatic heterocycles. The zero-order valence-corrected chi connectivity index (χ0v) is 14.3. The van der Waals surface area contributed by atoms with E-state index in [-0.39, 0.29) is 22.8 Å². The Balaban J connectivity index is 2.22. The summed E-state index contributed by atoms with van der Waals surface area (Å²) in [4.78, 5) is 2.62. The molecule has 20 heavy (non-hydrogen) atoms. The van der Waals surface area contributed by atoms with E-state index in [4.69, 9.17) is 10.5 Å². The van der Waals surface area contributed by atoms with Gasteiger partial charge < -0.3 is 10.5 Å². The number of nitrogens with zero attached hydrogens (tertiary/aromatic N) is 1. The van der Waals surface area contributed by atoms with Gasteiger partial charge in [-0.15, -0.1) is 0 Å². The molecule has 3 heteroatoms. The fourth-order valence-electron chi connectivity index (χ4n) is 4.50. The molecule has 0 aliphatic carbocycles. The van der Waals surface area contributed by atoms with Gasteiger partial charge in [0.2, 0.25) is 0 Å². The maximum Gasteiger partial charge on any atom is 0.0678 e. The van der Waals surface area contributed by atoms with Crippen molar-refractivity contribution in [3.8, 4) is 0 Å². The molecule has 0 saturated carbocycles. The van der Waals surface area contributed by atoms with Gasteiger partial charge in [0, 0.05) is 17.5 Å². The van der Waals surface area contributed by atoms with Crippen molar-refractivity contribution >= 4 is 0 Å². The summed E-state index contributed by atoms with van der Waals surface area (Å²) in [6, 6.07) is 0.169. The molecule has 3 atom stereocenters. The topological polar surface area (TPSA) is 38.5 Å². The summed E-state index contributed by atoms with van der Waals surface area (Å²) in [6.07, 6.45) is 4.81. The summed E-state index contributed by atoms with van der Waals surface area (Å²) in [6.45, 7) is 15.9. The molecule has 2 fully saturated rings. The first kappa shape index (κ1) is 16.3. The second-order valence-corrected chi connectivity index (χ2v) is 8.21. The summed E-state index contributed by atoms with van der Waals surface area (Å²) in [5, 5.41) is 0. The number of nitrogens with two attached hydrogens (primary N) is 1. The first-order chi connectivity index (χ1) is 9.12. The SMILES string of the molecule is CCC(C)(C(N)C1CC(C)(C)OC1(C)C)N1CCCC1. The zero-order valence-electron chi connectivity index (χ0n) is 14.3. The van der Waals surface area contributed by atoms with Crippen molar-refractivity contribution in [1.29, 1.82) is 0 Å². The smallest absolute Gasteiger partial charge is 0.0678 e. The Bertz CT molecular complexity index is 347. The lowest BCUT2D eigenvalue weighted by atomic mass is 9.72. The molecule has 3 nitrogen and oxygen atoms in total. The summed E-state index contributed by atoms with van der Waals surface area (Å²) in [5.74, 6) is 0.419. The number of likely N-dealkylation sites (tertiary alicyclic amines) is 1. The summed E-state index contributed by atoms with van der Waals surface area (Å²) in [5.41, 5.74) is 6.75. The van der Waals surface area contributed by atoms with E-state index in [2.05, 4.69) is 46.4 Å². The second kappa shape index (κ2) is 5.26. The Morgan fingerprint density at radius 2 is 1.80 bits per heavy atom. The van der Waals surface area contributed by atoms with Gasteiger partial charge in [-0.3, -0.25) is 4.90 Å². The van der Waals surface area contributed by atoms with E-state index >= 15 is 0 Å². The van der Waals surface area contributed by atoms with Crippen LogP contribution in [0.3, 0.4) is 0 Å². The lowest BCUT2D eigenvalue weighted by molar-refractivity contribution is -0.0825. The van der Waals surface area contributed by atoms with E-state index < -0.39 is 0 Å². The standard InChI is InChI=1S/C17H34N2O/c1-7-17(6,19-10-8-9-11-19)14(18)13-12-15(2,3)20-16(13,4)5/h13-14H,7-12,18H2,1-6H3. The number of hydrogen-bond donors (Lipinski definition) is 1. The van der Waals surface area contributed by atoms with E-state index in [0.717, 1.165) is 12.8 Å². The molecule has 0 aromatic carbocycles. The van der Waals surface area contributed by atoms with Gasteiger partial charge in [-0.1, -0.05) is 6.92 Å². The van der Waals surface area contributed by atoms with Crippen LogP contribution in [0.5, 0.6) is 0 Å². The minimum Gasteiger partial charge on any atom is -0.369 e. The average Bonchev–Trinajstić information content (AvgIpc) is 2.93. The predicted octanol–water partition coefficient (Wildman–Crippen LogP) is 3.17. The third-order valence-electron chi connectivity index (χ3n) is 5.84. The normalized spacial score (nSPS) is 34.0. The van der Waals surface area contributed by atoms with Gasteiger partial charge in [-0.05, 0) is 73.4 Å². The Labute approximate surface area is 125 Å². The molecule has 2 N–H and O–H groups in total. The monoisotopic (exact) mass is 282 g/mol. The molecule has 2 aliphatic rings. The molecule has 2 aliphatic heterocycles. The lowest BCUT2D eigenvalue weighted by Crippen LogP contribution is -2.62. The third kappa shape index (κ3) is 2.77. The van der Waals surface area contributed by atoms with E-state index in [1.54, 1.807) is 0 Å². The van der Waals surface area contributed by atoms with Crippen molar-refractivity contribution in [2.75, 3.05) is 13.1 Å². The van der Waals surface area contributed by atoms with Gasteiger partial charge >= 0.3 is 0 Å². The van der Waals surface area contributed by atoms with Crippen molar-refractivity contribution in [3.05, 3.63) is 0 Å². The third-order valence-corrected chi connectivity index (χ3v) is 5.84. The second-order valence-electron chi connectivity index (χ2n) is 8.21. The van der Waals surface area contributed by atoms with Crippen LogP contribution >= 0.6 is 0 Å². The van der Waals surface area contributed by atoms with E-state index in [1.807, 2.05) is 0 Å². The van der Waals surface area contributed by atoms with E-state index in [9.17, 15) is 0 Å². The quantitative estimate of drug-likeness (QED) is 0.860. The lowest BCUT2D eigenvalue weighted by Gasteiger charge is -2.47. The van der Waals surface area contributed by atoms with E-state index in [0.29, 0.717) is 5.92 Å². The highest BCUT2D eigenvalue weighted by atomic mass is 16.5. The molecule has 0 spiro atoms. The van der Waals surface area contributed by atoms with Crippen molar-refractivity contribution in [2.45, 2.75) is 90.0 Å². The van der Waals surface area contributed by atoms with Crippen LogP contribution in [-0.4, -0.2) is 40.8 Å². The van der Waals surface area contributed by atoms with Crippen LogP contribution in [0.4, 0.5) is 0 Å². The van der Waals surface area contributed by atoms with E-state index in [1.165, 1.54) is 25.9 Å². The minimum atomic E-state index is -0.126. The largest absolute Gasteiger partial charge is 0.369 e. The minimum absolute atomic E-state index is 0.0502. The number of ether oxygens (including phenoxy) is 1. The maximum absolute atomic E-state index is 6.82. The molecule has 118 valence electrons. The molecule has 2 saturated heterocycles. The molecule has 0 bridgehead atoms. The van der Waals surface area contributed by atoms with Gasteiger partial charge in [-0.2, -0.15) is 0 Å². The molecule has 0 radical (unpaired) electrons. The van der Waals surface area contributed by atoms with Crippen LogP contribution < -0.4 is 5.73 Å². The van der Waals surface area contributed by atoms with Crippen molar-refractivity contribution in [3.63, 3.8) is 0 Å². The van der Waals surface area contributed by atoms with Crippen LogP contribution in [0, 0.1) is 5.92 Å². The van der Waals surface area contributed by atoms with Crippen LogP contribution in [-0.2, 0) is 4.74 Å². The van der Waals surface area contributed by atoms with Crippen molar-refractivity contribution < 1.29 is 4.74 Å². The zero-order chi connectivity index (χ0) is 15.2. The molecule has 0 amide bonds. The molecular weight excluding hydrogens is 248 g/mol. The number of hydrogen-bond acceptors (Lipinski definition) is 3. The Morgan fingerprint density at radius 3 is 2.20 bits per heavy atom. The van der Waals surface area contributed by atoms with Crippen molar-refractivity contribution in [2.24, 2.45) is 11.7 Å². The number of rotatable bonds is 4. The molecule has 0 aromatic rings. The summed E-state index contributed by atoms with van der Waals surface area (Å²) < 4.78 is 6.27. The highest BCUT2D eigenvalue weighted by Crippen LogP contribution is 2.46. The Hall–Kier alpha value is -0.120. The van der Waals surface area contributed by atoms with Crippen LogP contribution in [0.15, 0.2) is 0 Å². The van der Waals surface area contributed by atoms with Crippen LogP contribution in [0.2, 0.25) is 0 Å². The highest BCUT2D eigenvalue weighted by Gasteiger charge is 2.53. The fraction of sp³-hybridized carbons (Fsp3) is 1.00. The average molecular weight is 282 g/mol. The first-order valence-electron chi connectivity index (χ1n) is 8.33. The van der Waals surface area contributed by atoms with Crippen LogP contribution in [0.25, 0.3) is 0 Å². The van der Waals surface area contributed by atoms with Gasteiger partial charge in [0.1, 0.15) is 0 Å². The van der Waals surface area contributed by atoms with Gasteiger partial charge in [0.05, 0.1) is 11.2 Å². The van der Waals surface area contributed by atoms with Gasteiger partial charge in [0.25, 0.3) is 0 Å². The van der Waals surface area contributed by atoms with Gasteiger partial charge in [-0.25, -0.2) is 0 Å².